The van der Waals surface area contributed by atoms with E-state index in [1.807, 2.05) is 5.38 Å². The van der Waals surface area contributed by atoms with Crippen LogP contribution in [0, 0.1) is 12.1 Å². The van der Waals surface area contributed by atoms with E-state index < -0.39 is 0 Å². The second kappa shape index (κ2) is 6.70. The van der Waals surface area contributed by atoms with Crippen molar-refractivity contribution in [3.63, 3.8) is 0 Å². The van der Waals surface area contributed by atoms with Crippen molar-refractivity contribution in [1.29, 1.82) is 0 Å². The highest BCUT2D eigenvalue weighted by atomic mass is 32.1. The first-order chi connectivity index (χ1) is 9.52. The summed E-state index contributed by atoms with van der Waals surface area (Å²) in [6, 6.07) is 1.77. The van der Waals surface area contributed by atoms with Crippen LogP contribution in [0.15, 0.2) is 11.4 Å². The SMILES string of the molecule is CCCc1sc(C(C)NCc2csc(F)c2)c(N)c1C. The number of thiophene rings is 2. The second-order valence-corrected chi connectivity index (χ2v) is 7.04. The molecular weight excluding hydrogens is 291 g/mol. The molecule has 0 aliphatic heterocycles. The number of anilines is 1. The minimum absolute atomic E-state index is 0.133. The Kier molecular flexibility index (Phi) is 5.18. The van der Waals surface area contributed by atoms with Crippen LogP contribution < -0.4 is 11.1 Å². The molecule has 0 aliphatic rings. The standard InChI is InChI=1S/C15H21FN2S2/c1-4-5-12-9(2)14(17)15(20-12)10(3)18-7-11-6-13(16)19-8-11/h6,8,10,18H,4-5,7,17H2,1-3H3. The van der Waals surface area contributed by atoms with Gasteiger partial charge in [-0.05, 0) is 42.8 Å². The molecule has 20 heavy (non-hydrogen) atoms. The predicted octanol–water partition coefficient (Wildman–Crippen LogP) is 4.64. The van der Waals surface area contributed by atoms with Crippen molar-refractivity contribution in [2.75, 3.05) is 5.73 Å². The van der Waals surface area contributed by atoms with Gasteiger partial charge in [0.15, 0.2) is 5.13 Å². The smallest absolute Gasteiger partial charge is 0.176 e. The Balaban J connectivity index is 2.05. The molecule has 2 heterocycles. The highest BCUT2D eigenvalue weighted by Gasteiger charge is 2.17. The van der Waals surface area contributed by atoms with Crippen LogP contribution in [-0.2, 0) is 13.0 Å². The van der Waals surface area contributed by atoms with Crippen molar-refractivity contribution in [3.05, 3.63) is 37.5 Å². The van der Waals surface area contributed by atoms with Gasteiger partial charge in [-0.2, -0.15) is 4.39 Å². The summed E-state index contributed by atoms with van der Waals surface area (Å²) < 4.78 is 13.0. The molecule has 1 atom stereocenters. The zero-order valence-corrected chi connectivity index (χ0v) is 13.8. The number of nitrogen functional groups attached to an aromatic ring is 1. The summed E-state index contributed by atoms with van der Waals surface area (Å²) in [6.45, 7) is 7.06. The number of nitrogens with two attached hydrogens (primary N) is 1. The van der Waals surface area contributed by atoms with Gasteiger partial charge in [0.1, 0.15) is 0 Å². The summed E-state index contributed by atoms with van der Waals surface area (Å²) in [5, 5.41) is 5.14. The average molecular weight is 312 g/mol. The molecule has 0 bridgehead atoms. The van der Waals surface area contributed by atoms with E-state index in [4.69, 9.17) is 5.73 Å². The third-order valence-electron chi connectivity index (χ3n) is 3.43. The molecule has 0 saturated carbocycles. The monoisotopic (exact) mass is 312 g/mol. The molecule has 0 saturated heterocycles. The fourth-order valence-corrected chi connectivity index (χ4v) is 4.18. The van der Waals surface area contributed by atoms with Crippen molar-refractivity contribution in [1.82, 2.24) is 5.32 Å². The summed E-state index contributed by atoms with van der Waals surface area (Å²) in [5.41, 5.74) is 9.34. The van der Waals surface area contributed by atoms with Crippen LogP contribution in [0.25, 0.3) is 0 Å². The highest BCUT2D eigenvalue weighted by Crippen LogP contribution is 2.35. The lowest BCUT2D eigenvalue weighted by Crippen LogP contribution is -2.17. The van der Waals surface area contributed by atoms with E-state index >= 15 is 0 Å². The van der Waals surface area contributed by atoms with Gasteiger partial charge in [-0.3, -0.25) is 0 Å². The van der Waals surface area contributed by atoms with Gasteiger partial charge in [0.05, 0.1) is 5.69 Å². The van der Waals surface area contributed by atoms with Crippen molar-refractivity contribution < 1.29 is 4.39 Å². The van der Waals surface area contributed by atoms with Crippen molar-refractivity contribution >= 4 is 28.4 Å². The average Bonchev–Trinajstić information content (AvgIpc) is 2.95. The molecule has 3 N–H and O–H groups in total. The van der Waals surface area contributed by atoms with E-state index in [-0.39, 0.29) is 11.2 Å². The van der Waals surface area contributed by atoms with Gasteiger partial charge >= 0.3 is 0 Å². The number of aryl methyl sites for hydroxylation is 1. The first-order valence-corrected chi connectivity index (χ1v) is 8.56. The van der Waals surface area contributed by atoms with Crippen LogP contribution in [0.3, 0.4) is 0 Å². The molecule has 2 rings (SSSR count). The van der Waals surface area contributed by atoms with E-state index in [1.165, 1.54) is 15.3 Å². The molecule has 0 spiro atoms. The fourth-order valence-electron chi connectivity index (χ4n) is 2.19. The van der Waals surface area contributed by atoms with Crippen LogP contribution in [-0.4, -0.2) is 0 Å². The van der Waals surface area contributed by atoms with E-state index in [0.717, 1.165) is 35.4 Å². The molecule has 0 aromatic carbocycles. The molecule has 110 valence electrons. The minimum atomic E-state index is -0.133. The second-order valence-electron chi connectivity index (χ2n) is 5.04. The molecule has 5 heteroatoms. The normalized spacial score (nSPS) is 12.8. The molecule has 0 fully saturated rings. The predicted molar refractivity (Wildman–Crippen MR) is 87.0 cm³/mol. The zero-order chi connectivity index (χ0) is 14.7. The Bertz CT molecular complexity index is 574. The maximum Gasteiger partial charge on any atom is 0.176 e. The van der Waals surface area contributed by atoms with E-state index in [2.05, 4.69) is 26.1 Å². The quantitative estimate of drug-likeness (QED) is 0.815. The molecule has 0 amide bonds. The first-order valence-electron chi connectivity index (χ1n) is 6.86. The zero-order valence-electron chi connectivity index (χ0n) is 12.1. The van der Waals surface area contributed by atoms with Gasteiger partial charge in [0.2, 0.25) is 0 Å². The Morgan fingerprint density at radius 1 is 1.45 bits per heavy atom. The number of rotatable bonds is 6. The van der Waals surface area contributed by atoms with Gasteiger partial charge < -0.3 is 11.1 Å². The van der Waals surface area contributed by atoms with Crippen LogP contribution >= 0.6 is 22.7 Å². The molecule has 0 radical (unpaired) electrons. The van der Waals surface area contributed by atoms with Gasteiger partial charge in [-0.15, -0.1) is 22.7 Å². The lowest BCUT2D eigenvalue weighted by Gasteiger charge is -2.12. The van der Waals surface area contributed by atoms with Crippen LogP contribution in [0.4, 0.5) is 10.1 Å². The minimum Gasteiger partial charge on any atom is -0.398 e. The maximum atomic E-state index is 13.0. The number of halogens is 1. The summed E-state index contributed by atoms with van der Waals surface area (Å²) in [6.07, 6.45) is 2.22. The Labute approximate surface area is 127 Å². The van der Waals surface area contributed by atoms with Gasteiger partial charge in [-0.25, -0.2) is 0 Å². The molecule has 1 unspecified atom stereocenters. The van der Waals surface area contributed by atoms with Crippen molar-refractivity contribution in [3.8, 4) is 0 Å². The molecule has 0 aliphatic carbocycles. The lowest BCUT2D eigenvalue weighted by atomic mass is 10.1. The molecule has 2 nitrogen and oxygen atoms in total. The Morgan fingerprint density at radius 3 is 2.80 bits per heavy atom. The van der Waals surface area contributed by atoms with Gasteiger partial charge in [0.25, 0.3) is 0 Å². The largest absolute Gasteiger partial charge is 0.398 e. The van der Waals surface area contributed by atoms with Crippen LogP contribution in [0.2, 0.25) is 0 Å². The molecule has 2 aromatic rings. The third-order valence-corrected chi connectivity index (χ3v) is 5.74. The third kappa shape index (κ3) is 3.40. The van der Waals surface area contributed by atoms with Crippen LogP contribution in [0.1, 0.15) is 47.2 Å². The summed E-state index contributed by atoms with van der Waals surface area (Å²) in [5.74, 6) is 0. The number of nitrogens with one attached hydrogen (secondary N) is 1. The van der Waals surface area contributed by atoms with Crippen molar-refractivity contribution in [2.24, 2.45) is 0 Å². The summed E-state index contributed by atoms with van der Waals surface area (Å²) >= 11 is 2.94. The Morgan fingerprint density at radius 2 is 2.20 bits per heavy atom. The van der Waals surface area contributed by atoms with Gasteiger partial charge in [-0.1, -0.05) is 13.3 Å². The lowest BCUT2D eigenvalue weighted by molar-refractivity contribution is 0.582. The first kappa shape index (κ1) is 15.5. The van der Waals surface area contributed by atoms with Crippen molar-refractivity contribution in [2.45, 2.75) is 46.2 Å². The topological polar surface area (TPSA) is 38.0 Å². The van der Waals surface area contributed by atoms with E-state index in [0.29, 0.717) is 6.54 Å². The number of hydrogen-bond acceptors (Lipinski definition) is 4. The van der Waals surface area contributed by atoms with Gasteiger partial charge in [0, 0.05) is 22.3 Å². The summed E-state index contributed by atoms with van der Waals surface area (Å²) in [4.78, 5) is 2.58. The fraction of sp³-hybridized carbons (Fsp3) is 0.467. The van der Waals surface area contributed by atoms with E-state index in [1.54, 1.807) is 17.4 Å². The maximum absolute atomic E-state index is 13.0. The summed E-state index contributed by atoms with van der Waals surface area (Å²) in [7, 11) is 0. The highest BCUT2D eigenvalue weighted by molar-refractivity contribution is 7.12. The molecule has 2 aromatic heterocycles. The number of hydrogen-bond donors (Lipinski definition) is 2. The Hall–Kier alpha value is -0.910. The van der Waals surface area contributed by atoms with Crippen LogP contribution in [0.5, 0.6) is 0 Å². The van der Waals surface area contributed by atoms with E-state index in [9.17, 15) is 4.39 Å². The molecular formula is C15H21FN2S2.